The number of pyridine rings is 1. The molecule has 0 aliphatic carbocycles. The summed E-state index contributed by atoms with van der Waals surface area (Å²) in [6, 6.07) is 5.07. The van der Waals surface area contributed by atoms with Crippen LogP contribution in [0.25, 0.3) is 5.82 Å². The first-order chi connectivity index (χ1) is 8.61. The van der Waals surface area contributed by atoms with Crippen LogP contribution in [0.1, 0.15) is 29.1 Å². The molecule has 0 aliphatic rings. The molecule has 0 spiro atoms. The molecule has 0 aliphatic heterocycles. The zero-order chi connectivity index (χ0) is 13.1. The van der Waals surface area contributed by atoms with Crippen molar-refractivity contribution in [2.45, 2.75) is 13.0 Å². The number of carbonyl (C=O) groups is 1. The minimum atomic E-state index is -0.569. The zero-order valence-corrected chi connectivity index (χ0v) is 10.2. The summed E-state index contributed by atoms with van der Waals surface area (Å²) in [6.07, 6.45) is 2.68. The Kier molecular flexibility index (Phi) is 3.38. The van der Waals surface area contributed by atoms with Crippen molar-refractivity contribution < 1.29 is 9.90 Å². The summed E-state index contributed by atoms with van der Waals surface area (Å²) >= 11 is 0. The zero-order valence-electron chi connectivity index (χ0n) is 10.2. The van der Waals surface area contributed by atoms with E-state index < -0.39 is 6.10 Å². The SMILES string of the molecule is CNC(=O)c1ccn(-c2cc(C(C)O)ccn2)n1. The molecule has 18 heavy (non-hydrogen) atoms. The molecule has 2 N–H and O–H groups in total. The van der Waals surface area contributed by atoms with Gasteiger partial charge in [-0.2, -0.15) is 5.10 Å². The fourth-order valence-electron chi connectivity index (χ4n) is 1.52. The minimum absolute atomic E-state index is 0.250. The number of hydrogen-bond donors (Lipinski definition) is 2. The first kappa shape index (κ1) is 12.3. The number of hydrogen-bond acceptors (Lipinski definition) is 4. The van der Waals surface area contributed by atoms with Gasteiger partial charge in [0.1, 0.15) is 0 Å². The maximum absolute atomic E-state index is 11.4. The third-order valence-corrected chi connectivity index (χ3v) is 2.54. The van der Waals surface area contributed by atoms with Gasteiger partial charge in [-0.05, 0) is 30.7 Å². The Hall–Kier alpha value is -2.21. The molecule has 6 heteroatoms. The summed E-state index contributed by atoms with van der Waals surface area (Å²) in [4.78, 5) is 15.5. The molecule has 1 unspecified atom stereocenters. The van der Waals surface area contributed by atoms with E-state index in [0.29, 0.717) is 11.5 Å². The quantitative estimate of drug-likeness (QED) is 0.834. The van der Waals surface area contributed by atoms with E-state index in [-0.39, 0.29) is 5.91 Å². The summed E-state index contributed by atoms with van der Waals surface area (Å²) in [7, 11) is 1.55. The van der Waals surface area contributed by atoms with Gasteiger partial charge >= 0.3 is 0 Å². The smallest absolute Gasteiger partial charge is 0.271 e. The first-order valence-electron chi connectivity index (χ1n) is 5.54. The fourth-order valence-corrected chi connectivity index (χ4v) is 1.52. The summed E-state index contributed by atoms with van der Waals surface area (Å²) in [5, 5.41) is 16.1. The van der Waals surface area contributed by atoms with Crippen molar-refractivity contribution in [2.24, 2.45) is 0 Å². The van der Waals surface area contributed by atoms with Crippen molar-refractivity contribution in [2.75, 3.05) is 7.05 Å². The third kappa shape index (κ3) is 2.38. The highest BCUT2D eigenvalue weighted by Gasteiger charge is 2.09. The lowest BCUT2D eigenvalue weighted by atomic mass is 10.2. The molecule has 2 aromatic heterocycles. The fraction of sp³-hybridized carbons (Fsp3) is 0.250. The van der Waals surface area contributed by atoms with Gasteiger partial charge in [-0.15, -0.1) is 0 Å². The van der Waals surface area contributed by atoms with E-state index >= 15 is 0 Å². The Balaban J connectivity index is 2.34. The third-order valence-electron chi connectivity index (χ3n) is 2.54. The Morgan fingerprint density at radius 2 is 2.28 bits per heavy atom. The van der Waals surface area contributed by atoms with Crippen molar-refractivity contribution in [3.05, 3.63) is 41.9 Å². The number of rotatable bonds is 3. The van der Waals surface area contributed by atoms with Crippen molar-refractivity contribution in [1.82, 2.24) is 20.1 Å². The molecule has 6 nitrogen and oxygen atoms in total. The highest BCUT2D eigenvalue weighted by atomic mass is 16.3. The van der Waals surface area contributed by atoms with Crippen molar-refractivity contribution in [3.63, 3.8) is 0 Å². The van der Waals surface area contributed by atoms with Crippen LogP contribution in [-0.2, 0) is 0 Å². The molecule has 1 amide bonds. The molecular weight excluding hydrogens is 232 g/mol. The number of nitrogens with zero attached hydrogens (tertiary/aromatic N) is 3. The van der Waals surface area contributed by atoms with Crippen LogP contribution in [0.3, 0.4) is 0 Å². The molecule has 0 saturated heterocycles. The normalized spacial score (nSPS) is 12.2. The number of aliphatic hydroxyl groups excluding tert-OH is 1. The van der Waals surface area contributed by atoms with E-state index in [1.54, 1.807) is 44.6 Å². The number of amides is 1. The van der Waals surface area contributed by atoms with Crippen LogP contribution in [0.4, 0.5) is 0 Å². The number of aromatic nitrogens is 3. The molecule has 2 rings (SSSR count). The molecule has 0 fully saturated rings. The van der Waals surface area contributed by atoms with Crippen molar-refractivity contribution in [3.8, 4) is 5.82 Å². The predicted molar refractivity (Wildman–Crippen MR) is 65.4 cm³/mol. The Labute approximate surface area is 104 Å². The van der Waals surface area contributed by atoms with Gasteiger partial charge < -0.3 is 10.4 Å². The van der Waals surface area contributed by atoms with Crippen LogP contribution in [0, 0.1) is 0 Å². The van der Waals surface area contributed by atoms with Crippen LogP contribution in [-0.4, -0.2) is 32.8 Å². The second kappa shape index (κ2) is 4.97. The van der Waals surface area contributed by atoms with Crippen molar-refractivity contribution >= 4 is 5.91 Å². The average Bonchev–Trinajstić information content (AvgIpc) is 2.87. The van der Waals surface area contributed by atoms with Crippen LogP contribution in [0.2, 0.25) is 0 Å². The molecular formula is C12H14N4O2. The second-order valence-corrected chi connectivity index (χ2v) is 3.85. The maximum atomic E-state index is 11.4. The van der Waals surface area contributed by atoms with E-state index in [1.165, 1.54) is 4.68 Å². The summed E-state index contributed by atoms with van der Waals surface area (Å²) in [6.45, 7) is 1.68. The average molecular weight is 246 g/mol. The summed E-state index contributed by atoms with van der Waals surface area (Å²) < 4.78 is 1.50. The van der Waals surface area contributed by atoms with Gasteiger partial charge in [-0.1, -0.05) is 0 Å². The highest BCUT2D eigenvalue weighted by Crippen LogP contribution is 2.14. The Morgan fingerprint density at radius 3 is 2.94 bits per heavy atom. The van der Waals surface area contributed by atoms with E-state index in [4.69, 9.17) is 0 Å². The summed E-state index contributed by atoms with van der Waals surface area (Å²) in [5.74, 6) is 0.309. The van der Waals surface area contributed by atoms with Gasteiger partial charge in [0.25, 0.3) is 5.91 Å². The van der Waals surface area contributed by atoms with Gasteiger partial charge in [0, 0.05) is 19.4 Å². The standard InChI is InChI=1S/C12H14N4O2/c1-8(17)9-3-5-14-11(7-9)16-6-4-10(15-16)12(18)13-2/h3-8,17H,1-2H3,(H,13,18). The molecule has 2 aromatic rings. The number of carbonyl (C=O) groups excluding carboxylic acids is 1. The van der Waals surface area contributed by atoms with Gasteiger partial charge in [-0.3, -0.25) is 4.79 Å². The predicted octanol–water partition coefficient (Wildman–Crippen LogP) is 0.680. The lowest BCUT2D eigenvalue weighted by Gasteiger charge is -2.06. The van der Waals surface area contributed by atoms with Crippen LogP contribution >= 0.6 is 0 Å². The first-order valence-corrected chi connectivity index (χ1v) is 5.54. The topological polar surface area (TPSA) is 80.0 Å². The van der Waals surface area contributed by atoms with Gasteiger partial charge in [0.2, 0.25) is 0 Å². The van der Waals surface area contributed by atoms with Crippen LogP contribution in [0.5, 0.6) is 0 Å². The van der Waals surface area contributed by atoms with Gasteiger partial charge in [0.15, 0.2) is 11.5 Å². The van der Waals surface area contributed by atoms with E-state index in [0.717, 1.165) is 5.56 Å². The largest absolute Gasteiger partial charge is 0.389 e. The molecule has 2 heterocycles. The molecule has 0 radical (unpaired) electrons. The Morgan fingerprint density at radius 1 is 1.50 bits per heavy atom. The van der Waals surface area contributed by atoms with Crippen LogP contribution in [0.15, 0.2) is 30.6 Å². The second-order valence-electron chi connectivity index (χ2n) is 3.85. The monoisotopic (exact) mass is 246 g/mol. The highest BCUT2D eigenvalue weighted by molar-refractivity contribution is 5.91. The molecule has 94 valence electrons. The molecule has 0 bridgehead atoms. The van der Waals surface area contributed by atoms with Crippen LogP contribution < -0.4 is 5.32 Å². The molecule has 1 atom stereocenters. The molecule has 0 saturated carbocycles. The minimum Gasteiger partial charge on any atom is -0.389 e. The van der Waals surface area contributed by atoms with E-state index in [2.05, 4.69) is 15.4 Å². The number of aliphatic hydroxyl groups is 1. The molecule has 0 aromatic carbocycles. The van der Waals surface area contributed by atoms with E-state index in [1.807, 2.05) is 0 Å². The van der Waals surface area contributed by atoms with Gasteiger partial charge in [0.05, 0.1) is 6.10 Å². The lowest BCUT2D eigenvalue weighted by Crippen LogP contribution is -2.18. The van der Waals surface area contributed by atoms with E-state index in [9.17, 15) is 9.90 Å². The van der Waals surface area contributed by atoms with Gasteiger partial charge in [-0.25, -0.2) is 9.67 Å². The lowest BCUT2D eigenvalue weighted by molar-refractivity contribution is 0.0957. The Bertz CT molecular complexity index is 563. The maximum Gasteiger partial charge on any atom is 0.271 e. The van der Waals surface area contributed by atoms with Crippen molar-refractivity contribution in [1.29, 1.82) is 0 Å². The number of nitrogens with one attached hydrogen (secondary N) is 1. The summed E-state index contributed by atoms with van der Waals surface area (Å²) in [5.41, 5.74) is 1.07.